The van der Waals surface area contributed by atoms with Crippen LogP contribution in [0.3, 0.4) is 0 Å². The Kier molecular flexibility index (Phi) is 12.4. The minimum atomic E-state index is -0.0723. The Morgan fingerprint density at radius 2 is 1.88 bits per heavy atom. The number of carbonyl (C=O) groups is 1. The molecule has 34 heavy (non-hydrogen) atoms. The number of hydrogen-bond donors (Lipinski definition) is 2. The van der Waals surface area contributed by atoms with Gasteiger partial charge in [0, 0.05) is 26.2 Å². The van der Waals surface area contributed by atoms with Crippen LogP contribution >= 0.6 is 24.8 Å². The second-order valence-corrected chi connectivity index (χ2v) is 9.86. The van der Waals surface area contributed by atoms with Gasteiger partial charge in [0.1, 0.15) is 5.75 Å². The van der Waals surface area contributed by atoms with Gasteiger partial charge >= 0.3 is 0 Å². The first-order chi connectivity index (χ1) is 15.3. The number of aromatic hydroxyl groups is 1. The van der Waals surface area contributed by atoms with Crippen LogP contribution in [0.15, 0.2) is 54.6 Å². The fraction of sp³-hybridized carbons (Fsp3) is 0.519. The average Bonchev–Trinajstić information content (AvgIpc) is 2.76. The highest BCUT2D eigenvalue weighted by Gasteiger charge is 2.39. The van der Waals surface area contributed by atoms with Gasteiger partial charge in [-0.25, -0.2) is 0 Å². The van der Waals surface area contributed by atoms with Crippen LogP contribution in [0.25, 0.3) is 0 Å². The molecule has 2 aromatic carbocycles. The molecule has 3 rings (SSSR count). The number of halogens is 2. The first-order valence-electron chi connectivity index (χ1n) is 11.8. The van der Waals surface area contributed by atoms with Crippen LogP contribution in [0, 0.1) is 11.8 Å². The van der Waals surface area contributed by atoms with E-state index in [4.69, 9.17) is 0 Å². The number of phenolic OH excluding ortho intramolecular Hbond substituents is 1. The van der Waals surface area contributed by atoms with Crippen LogP contribution in [0.2, 0.25) is 0 Å². The summed E-state index contributed by atoms with van der Waals surface area (Å²) in [6, 6.07) is 18.0. The van der Waals surface area contributed by atoms with E-state index in [-0.39, 0.29) is 42.1 Å². The van der Waals surface area contributed by atoms with Crippen LogP contribution in [-0.2, 0) is 16.6 Å². The van der Waals surface area contributed by atoms with Crippen molar-refractivity contribution in [1.82, 2.24) is 15.1 Å². The summed E-state index contributed by atoms with van der Waals surface area (Å²) in [5.41, 5.74) is 2.43. The largest absolute Gasteiger partial charge is 0.508 e. The van der Waals surface area contributed by atoms with Crippen LogP contribution < -0.4 is 5.32 Å². The monoisotopic (exact) mass is 509 g/mol. The highest BCUT2D eigenvalue weighted by atomic mass is 35.5. The number of likely N-dealkylation sites (N-methyl/N-ethyl adjacent to an activating group) is 1. The van der Waals surface area contributed by atoms with Gasteiger partial charge in [-0.2, -0.15) is 0 Å². The van der Waals surface area contributed by atoms with Gasteiger partial charge in [-0.05, 0) is 68.1 Å². The van der Waals surface area contributed by atoms with E-state index in [1.54, 1.807) is 6.07 Å². The molecule has 0 spiro atoms. The SMILES string of the molecule is CC1CN(CC(Cc2ccccc2)C(=O)NCCN(C)C)CCC1(C)c1cccc(O)c1.Cl.Cl. The van der Waals surface area contributed by atoms with E-state index in [1.165, 1.54) is 11.1 Å². The van der Waals surface area contributed by atoms with Crippen molar-refractivity contribution >= 4 is 30.7 Å². The van der Waals surface area contributed by atoms with Gasteiger partial charge in [-0.1, -0.05) is 56.3 Å². The second kappa shape index (κ2) is 13.9. The predicted molar refractivity (Wildman–Crippen MR) is 145 cm³/mol. The normalized spacial score (nSPS) is 21.3. The van der Waals surface area contributed by atoms with E-state index >= 15 is 0 Å². The second-order valence-electron chi connectivity index (χ2n) is 9.86. The van der Waals surface area contributed by atoms with Crippen molar-refractivity contribution in [1.29, 1.82) is 0 Å². The number of hydrogen-bond acceptors (Lipinski definition) is 4. The highest BCUT2D eigenvalue weighted by Crippen LogP contribution is 2.40. The van der Waals surface area contributed by atoms with Crippen LogP contribution in [0.4, 0.5) is 0 Å². The molecule has 0 bridgehead atoms. The van der Waals surface area contributed by atoms with Gasteiger partial charge in [0.05, 0.1) is 5.92 Å². The topological polar surface area (TPSA) is 55.8 Å². The fourth-order valence-corrected chi connectivity index (χ4v) is 4.77. The minimum absolute atomic E-state index is 0. The number of likely N-dealkylation sites (tertiary alicyclic amines) is 1. The van der Waals surface area contributed by atoms with E-state index in [0.29, 0.717) is 18.2 Å². The summed E-state index contributed by atoms with van der Waals surface area (Å²) < 4.78 is 0. The van der Waals surface area contributed by atoms with Gasteiger partial charge < -0.3 is 20.2 Å². The maximum Gasteiger partial charge on any atom is 0.224 e. The molecule has 190 valence electrons. The molecule has 1 aliphatic heterocycles. The van der Waals surface area contributed by atoms with Gasteiger partial charge in [0.2, 0.25) is 5.91 Å². The molecule has 5 nitrogen and oxygen atoms in total. The van der Waals surface area contributed by atoms with Gasteiger partial charge in [0.25, 0.3) is 0 Å². The van der Waals surface area contributed by atoms with E-state index in [2.05, 4.69) is 47.2 Å². The van der Waals surface area contributed by atoms with Gasteiger partial charge in [-0.3, -0.25) is 4.79 Å². The molecule has 1 fully saturated rings. The number of nitrogens with zero attached hydrogens (tertiary/aromatic N) is 2. The summed E-state index contributed by atoms with van der Waals surface area (Å²) >= 11 is 0. The molecule has 1 aliphatic rings. The number of carbonyl (C=O) groups excluding carboxylic acids is 1. The van der Waals surface area contributed by atoms with Crippen molar-refractivity contribution < 1.29 is 9.90 Å². The fourth-order valence-electron chi connectivity index (χ4n) is 4.77. The first-order valence-corrected chi connectivity index (χ1v) is 11.8. The molecule has 0 aromatic heterocycles. The van der Waals surface area contributed by atoms with Crippen LogP contribution in [0.1, 0.15) is 31.4 Å². The lowest BCUT2D eigenvalue weighted by molar-refractivity contribution is -0.125. The number of amides is 1. The number of nitrogens with one attached hydrogen (secondary N) is 1. The Bertz CT molecular complexity index is 881. The van der Waals surface area contributed by atoms with Crippen molar-refractivity contribution in [3.63, 3.8) is 0 Å². The molecule has 2 N–H and O–H groups in total. The molecule has 2 aromatic rings. The van der Waals surface area contributed by atoms with E-state index in [1.807, 2.05) is 44.4 Å². The molecule has 1 heterocycles. The number of benzene rings is 2. The lowest BCUT2D eigenvalue weighted by Crippen LogP contribution is -2.50. The molecule has 1 saturated heterocycles. The van der Waals surface area contributed by atoms with Crippen molar-refractivity contribution in [2.75, 3.05) is 46.8 Å². The molecule has 0 saturated carbocycles. The first kappa shape index (κ1) is 30.2. The zero-order chi connectivity index (χ0) is 23.1. The zero-order valence-electron chi connectivity index (χ0n) is 20.9. The Hall–Kier alpha value is -1.79. The van der Waals surface area contributed by atoms with Gasteiger partial charge in [-0.15, -0.1) is 24.8 Å². The van der Waals surface area contributed by atoms with E-state index in [0.717, 1.165) is 39.0 Å². The quantitative estimate of drug-likeness (QED) is 0.526. The standard InChI is InChI=1S/C27H39N3O2.2ClH/c1-21-19-30(15-13-27(21,2)24-11-8-12-25(31)18-24)20-23(17-22-9-6-5-7-10-22)26(32)28-14-16-29(3)4;;/h5-12,18,21,23,31H,13-17,19-20H2,1-4H3,(H,28,32);2*1H. The Labute approximate surface area is 217 Å². The lowest BCUT2D eigenvalue weighted by Gasteiger charge is -2.45. The molecule has 0 radical (unpaired) electrons. The summed E-state index contributed by atoms with van der Waals surface area (Å²) in [6.45, 7) is 8.77. The zero-order valence-corrected chi connectivity index (χ0v) is 22.5. The molecule has 7 heteroatoms. The van der Waals surface area contributed by atoms with Crippen molar-refractivity contribution in [3.05, 3.63) is 65.7 Å². The maximum absolute atomic E-state index is 13.1. The van der Waals surface area contributed by atoms with Crippen LogP contribution in [-0.4, -0.2) is 67.6 Å². The van der Waals surface area contributed by atoms with Crippen molar-refractivity contribution in [2.24, 2.45) is 11.8 Å². The number of rotatable bonds is 9. The third kappa shape index (κ3) is 8.16. The van der Waals surface area contributed by atoms with Crippen molar-refractivity contribution in [2.45, 2.75) is 32.1 Å². The smallest absolute Gasteiger partial charge is 0.224 e. The number of piperidine rings is 1. The average molecular weight is 511 g/mol. The Morgan fingerprint density at radius 1 is 1.18 bits per heavy atom. The molecule has 0 aliphatic carbocycles. The minimum Gasteiger partial charge on any atom is -0.508 e. The Balaban J connectivity index is 0.00000289. The third-order valence-electron chi connectivity index (χ3n) is 7.11. The van der Waals surface area contributed by atoms with Crippen LogP contribution in [0.5, 0.6) is 5.75 Å². The Morgan fingerprint density at radius 3 is 2.50 bits per heavy atom. The number of phenols is 1. The summed E-state index contributed by atoms with van der Waals surface area (Å²) in [7, 11) is 4.04. The summed E-state index contributed by atoms with van der Waals surface area (Å²) in [6.07, 6.45) is 1.77. The molecular formula is C27H41Cl2N3O2. The molecule has 1 amide bonds. The molecule has 3 unspecified atom stereocenters. The highest BCUT2D eigenvalue weighted by molar-refractivity contribution is 5.85. The summed E-state index contributed by atoms with van der Waals surface area (Å²) in [4.78, 5) is 17.6. The summed E-state index contributed by atoms with van der Waals surface area (Å²) in [5, 5.41) is 13.1. The molecular weight excluding hydrogens is 469 g/mol. The summed E-state index contributed by atoms with van der Waals surface area (Å²) in [5.74, 6) is 0.824. The lowest BCUT2D eigenvalue weighted by atomic mass is 9.68. The van der Waals surface area contributed by atoms with E-state index in [9.17, 15) is 9.90 Å². The molecule has 3 atom stereocenters. The van der Waals surface area contributed by atoms with Crippen molar-refractivity contribution in [3.8, 4) is 5.75 Å². The maximum atomic E-state index is 13.1. The predicted octanol–water partition coefficient (Wildman–Crippen LogP) is 4.37. The van der Waals surface area contributed by atoms with Gasteiger partial charge in [0.15, 0.2) is 0 Å². The van der Waals surface area contributed by atoms with E-state index < -0.39 is 0 Å². The third-order valence-corrected chi connectivity index (χ3v) is 7.11.